The van der Waals surface area contributed by atoms with Crippen LogP contribution in [0.5, 0.6) is 5.75 Å². The van der Waals surface area contributed by atoms with Crippen molar-refractivity contribution in [1.29, 1.82) is 0 Å². The molecule has 0 amide bonds. The van der Waals surface area contributed by atoms with Gasteiger partial charge in [0.2, 0.25) is 0 Å². The van der Waals surface area contributed by atoms with Crippen LogP contribution in [0.2, 0.25) is 10.0 Å². The van der Waals surface area contributed by atoms with Crippen molar-refractivity contribution in [2.45, 2.75) is 13.5 Å². The molecular formula is C21H16BrCl2NO. The van der Waals surface area contributed by atoms with Crippen LogP contribution >= 0.6 is 39.1 Å². The second-order valence-electron chi connectivity index (χ2n) is 5.75. The maximum Gasteiger partial charge on any atom is 0.128 e. The Kier molecular flexibility index (Phi) is 6.36. The highest BCUT2D eigenvalue weighted by atomic mass is 79.9. The van der Waals surface area contributed by atoms with Crippen LogP contribution in [0.1, 0.15) is 16.7 Å². The molecule has 0 saturated heterocycles. The summed E-state index contributed by atoms with van der Waals surface area (Å²) in [7, 11) is 0. The fraction of sp³-hybridized carbons (Fsp3) is 0.0952. The largest absolute Gasteiger partial charge is 0.488 e. The van der Waals surface area contributed by atoms with Gasteiger partial charge in [-0.3, -0.25) is 4.99 Å². The first-order valence-electron chi connectivity index (χ1n) is 7.99. The van der Waals surface area contributed by atoms with E-state index in [9.17, 15) is 0 Å². The first-order valence-corrected chi connectivity index (χ1v) is 9.54. The average Bonchev–Trinajstić information content (AvgIpc) is 2.61. The SMILES string of the molecule is Cc1ccccc1N=Cc1cc(Br)ccc1OCc1ccc(Cl)cc1Cl. The highest BCUT2D eigenvalue weighted by molar-refractivity contribution is 9.10. The molecule has 0 bridgehead atoms. The Morgan fingerprint density at radius 3 is 2.62 bits per heavy atom. The van der Waals surface area contributed by atoms with Gasteiger partial charge in [-0.1, -0.05) is 63.4 Å². The van der Waals surface area contributed by atoms with Crippen LogP contribution in [0.4, 0.5) is 5.69 Å². The fourth-order valence-corrected chi connectivity index (χ4v) is 3.24. The lowest BCUT2D eigenvalue weighted by molar-refractivity contribution is 0.306. The van der Waals surface area contributed by atoms with Crippen LogP contribution in [0.15, 0.2) is 70.1 Å². The van der Waals surface area contributed by atoms with Gasteiger partial charge in [-0.15, -0.1) is 0 Å². The summed E-state index contributed by atoms with van der Waals surface area (Å²) in [6.07, 6.45) is 1.81. The van der Waals surface area contributed by atoms with Crippen molar-refractivity contribution in [3.63, 3.8) is 0 Å². The molecule has 3 aromatic rings. The number of hydrogen-bond donors (Lipinski definition) is 0. The standard InChI is InChI=1S/C21H16BrCl2NO/c1-14-4-2-3-5-20(14)25-12-16-10-17(22)7-9-21(16)26-13-15-6-8-18(23)11-19(15)24/h2-12H,13H2,1H3. The summed E-state index contributed by atoms with van der Waals surface area (Å²) in [4.78, 5) is 4.59. The summed E-state index contributed by atoms with van der Waals surface area (Å²) < 4.78 is 6.94. The molecule has 0 aliphatic carbocycles. The minimum atomic E-state index is 0.350. The number of para-hydroxylation sites is 1. The fourth-order valence-electron chi connectivity index (χ4n) is 2.39. The highest BCUT2D eigenvalue weighted by Crippen LogP contribution is 2.26. The van der Waals surface area contributed by atoms with E-state index in [0.717, 1.165) is 32.6 Å². The normalized spacial score (nSPS) is 11.1. The Bertz CT molecular complexity index is 956. The van der Waals surface area contributed by atoms with Gasteiger partial charge in [0.25, 0.3) is 0 Å². The Hall–Kier alpha value is -1.81. The van der Waals surface area contributed by atoms with Gasteiger partial charge < -0.3 is 4.74 Å². The lowest BCUT2D eigenvalue weighted by Crippen LogP contribution is -1.99. The van der Waals surface area contributed by atoms with Crippen LogP contribution in [-0.4, -0.2) is 6.21 Å². The van der Waals surface area contributed by atoms with Crippen LogP contribution in [-0.2, 0) is 6.61 Å². The number of aliphatic imine (C=N–C) groups is 1. The van der Waals surface area contributed by atoms with Crippen molar-refractivity contribution in [3.8, 4) is 5.75 Å². The number of rotatable bonds is 5. The number of halogens is 3. The zero-order valence-corrected chi connectivity index (χ0v) is 17.1. The predicted octanol–water partition coefficient (Wildman–Crippen LogP) is 7.39. The average molecular weight is 449 g/mol. The van der Waals surface area contributed by atoms with Crippen molar-refractivity contribution >= 4 is 51.0 Å². The topological polar surface area (TPSA) is 21.6 Å². The molecule has 0 saturated carbocycles. The van der Waals surface area contributed by atoms with Crippen molar-refractivity contribution in [3.05, 3.63) is 91.9 Å². The quantitative estimate of drug-likeness (QED) is 0.372. The molecule has 5 heteroatoms. The van der Waals surface area contributed by atoms with Crippen molar-refractivity contribution in [2.24, 2.45) is 4.99 Å². The van der Waals surface area contributed by atoms with E-state index in [2.05, 4.69) is 20.9 Å². The van der Waals surface area contributed by atoms with Gasteiger partial charge in [0.15, 0.2) is 0 Å². The third-order valence-electron chi connectivity index (χ3n) is 3.83. The smallest absolute Gasteiger partial charge is 0.128 e. The third-order valence-corrected chi connectivity index (χ3v) is 4.91. The minimum Gasteiger partial charge on any atom is -0.488 e. The van der Waals surface area contributed by atoms with E-state index >= 15 is 0 Å². The van der Waals surface area contributed by atoms with Crippen molar-refractivity contribution in [2.75, 3.05) is 0 Å². The maximum atomic E-state index is 6.22. The van der Waals surface area contributed by atoms with E-state index in [-0.39, 0.29) is 0 Å². The molecular weight excluding hydrogens is 433 g/mol. The molecule has 0 N–H and O–H groups in total. The zero-order valence-electron chi connectivity index (χ0n) is 14.0. The van der Waals surface area contributed by atoms with Gasteiger partial charge in [-0.05, 0) is 48.9 Å². The number of aryl methyl sites for hydroxylation is 1. The van der Waals surface area contributed by atoms with E-state index in [1.165, 1.54) is 0 Å². The molecule has 3 rings (SSSR count). The summed E-state index contributed by atoms with van der Waals surface area (Å²) in [5, 5.41) is 1.19. The lowest BCUT2D eigenvalue weighted by atomic mass is 10.2. The molecule has 0 heterocycles. The molecule has 2 nitrogen and oxygen atoms in total. The second-order valence-corrected chi connectivity index (χ2v) is 7.51. The van der Waals surface area contributed by atoms with Crippen LogP contribution in [0.3, 0.4) is 0 Å². The molecule has 26 heavy (non-hydrogen) atoms. The molecule has 3 aromatic carbocycles. The monoisotopic (exact) mass is 447 g/mol. The van der Waals surface area contributed by atoms with E-state index in [0.29, 0.717) is 16.7 Å². The Morgan fingerprint density at radius 2 is 1.85 bits per heavy atom. The number of benzene rings is 3. The maximum absolute atomic E-state index is 6.22. The van der Waals surface area contributed by atoms with E-state index in [1.54, 1.807) is 12.1 Å². The Labute approximate surface area is 171 Å². The van der Waals surface area contributed by atoms with Gasteiger partial charge in [0.05, 0.1) is 5.69 Å². The first kappa shape index (κ1) is 19.0. The molecule has 0 fully saturated rings. The van der Waals surface area contributed by atoms with Gasteiger partial charge in [-0.25, -0.2) is 0 Å². The first-order chi connectivity index (χ1) is 12.5. The van der Waals surface area contributed by atoms with Crippen molar-refractivity contribution < 1.29 is 4.74 Å². The summed E-state index contributed by atoms with van der Waals surface area (Å²) in [6.45, 7) is 2.39. The molecule has 132 valence electrons. The Morgan fingerprint density at radius 1 is 1.04 bits per heavy atom. The Balaban J connectivity index is 1.83. The summed E-state index contributed by atoms with van der Waals surface area (Å²) >= 11 is 15.7. The summed E-state index contributed by atoms with van der Waals surface area (Å²) in [5.41, 5.74) is 3.81. The molecule has 0 unspecified atom stereocenters. The number of hydrogen-bond acceptors (Lipinski definition) is 2. The van der Waals surface area contributed by atoms with Gasteiger partial charge >= 0.3 is 0 Å². The van der Waals surface area contributed by atoms with Gasteiger partial charge in [0, 0.05) is 31.9 Å². The van der Waals surface area contributed by atoms with Crippen LogP contribution in [0, 0.1) is 6.92 Å². The van der Waals surface area contributed by atoms with E-state index in [1.807, 2.05) is 61.7 Å². The van der Waals surface area contributed by atoms with Gasteiger partial charge in [0.1, 0.15) is 12.4 Å². The van der Waals surface area contributed by atoms with Crippen LogP contribution < -0.4 is 4.74 Å². The lowest BCUT2D eigenvalue weighted by Gasteiger charge is -2.11. The second kappa shape index (κ2) is 8.72. The third kappa shape index (κ3) is 4.88. The zero-order chi connectivity index (χ0) is 18.5. The minimum absolute atomic E-state index is 0.350. The van der Waals surface area contributed by atoms with E-state index < -0.39 is 0 Å². The molecule has 0 aliphatic heterocycles. The van der Waals surface area contributed by atoms with E-state index in [4.69, 9.17) is 27.9 Å². The highest BCUT2D eigenvalue weighted by Gasteiger charge is 2.06. The predicted molar refractivity (Wildman–Crippen MR) is 113 cm³/mol. The summed E-state index contributed by atoms with van der Waals surface area (Å²) in [6, 6.07) is 19.2. The number of ether oxygens (including phenoxy) is 1. The van der Waals surface area contributed by atoms with Crippen molar-refractivity contribution in [1.82, 2.24) is 0 Å². The van der Waals surface area contributed by atoms with Gasteiger partial charge in [-0.2, -0.15) is 0 Å². The molecule has 0 radical (unpaired) electrons. The van der Waals surface area contributed by atoms with Crippen LogP contribution in [0.25, 0.3) is 0 Å². The molecule has 0 aliphatic rings. The molecule has 0 spiro atoms. The molecule has 0 aromatic heterocycles. The number of nitrogens with zero attached hydrogens (tertiary/aromatic N) is 1. The molecule has 0 atom stereocenters. The summed E-state index contributed by atoms with van der Waals surface area (Å²) in [5.74, 6) is 0.733.